The summed E-state index contributed by atoms with van der Waals surface area (Å²) in [5, 5.41) is 8.87. The summed E-state index contributed by atoms with van der Waals surface area (Å²) in [6.45, 7) is 0.382. The van der Waals surface area contributed by atoms with Crippen molar-refractivity contribution in [3.8, 4) is 40.2 Å². The minimum Gasteiger partial charge on any atom is -0.496 e. The Kier molecular flexibility index (Phi) is 5.44. The van der Waals surface area contributed by atoms with Gasteiger partial charge in [-0.05, 0) is 54.1 Å². The molecule has 0 amide bonds. The summed E-state index contributed by atoms with van der Waals surface area (Å²) in [7, 11) is 1.60. The summed E-state index contributed by atoms with van der Waals surface area (Å²) in [6.07, 6.45) is 1.72. The number of hydrogen-bond donors (Lipinski definition) is 1. The highest BCUT2D eigenvalue weighted by Gasteiger charge is 2.12. The van der Waals surface area contributed by atoms with Crippen molar-refractivity contribution < 1.29 is 13.9 Å². The number of methoxy groups -OCH3 is 1. The van der Waals surface area contributed by atoms with Crippen LogP contribution in [0.3, 0.4) is 0 Å². The Bertz CT molecular complexity index is 1190. The van der Waals surface area contributed by atoms with Gasteiger partial charge in [-0.25, -0.2) is 9.37 Å². The van der Waals surface area contributed by atoms with Crippen LogP contribution >= 0.6 is 0 Å². The average Bonchev–Trinajstić information content (AvgIpc) is 3.28. The molecule has 1 N–H and O–H groups in total. The quantitative estimate of drug-likeness (QED) is 0.475. The summed E-state index contributed by atoms with van der Waals surface area (Å²) in [6, 6.07) is 21.1. The number of halogens is 1. The first-order valence-corrected chi connectivity index (χ1v) is 9.27. The van der Waals surface area contributed by atoms with E-state index in [9.17, 15) is 4.39 Å². The number of nitrogens with one attached hydrogen (secondary N) is 1. The Balaban J connectivity index is 1.52. The molecule has 1 aromatic heterocycles. The number of benzene rings is 3. The molecule has 0 saturated heterocycles. The second kappa shape index (κ2) is 8.50. The number of rotatable bonds is 6. The van der Waals surface area contributed by atoms with Crippen molar-refractivity contribution >= 4 is 0 Å². The first-order valence-electron chi connectivity index (χ1n) is 9.27. The molecule has 148 valence electrons. The van der Waals surface area contributed by atoms with Crippen molar-refractivity contribution in [2.75, 3.05) is 7.11 Å². The zero-order valence-electron chi connectivity index (χ0n) is 16.2. The van der Waals surface area contributed by atoms with Crippen LogP contribution in [0.4, 0.5) is 4.39 Å². The Labute approximate surface area is 173 Å². The zero-order chi connectivity index (χ0) is 20.9. The molecule has 0 fully saturated rings. The molecule has 0 aliphatic rings. The molecule has 6 heteroatoms. The molecule has 3 aromatic carbocycles. The fourth-order valence-corrected chi connectivity index (χ4v) is 3.04. The van der Waals surface area contributed by atoms with Crippen LogP contribution in [0, 0.1) is 17.1 Å². The van der Waals surface area contributed by atoms with Crippen LogP contribution in [0.15, 0.2) is 72.9 Å². The van der Waals surface area contributed by atoms with Crippen LogP contribution in [0.5, 0.6) is 11.5 Å². The Morgan fingerprint density at radius 2 is 1.80 bits per heavy atom. The number of hydrogen-bond acceptors (Lipinski definition) is 4. The van der Waals surface area contributed by atoms with Gasteiger partial charge in [0.15, 0.2) is 0 Å². The molecule has 0 unspecified atom stereocenters. The van der Waals surface area contributed by atoms with Gasteiger partial charge in [0.1, 0.15) is 29.7 Å². The van der Waals surface area contributed by atoms with E-state index < -0.39 is 0 Å². The van der Waals surface area contributed by atoms with Crippen LogP contribution in [0.25, 0.3) is 22.6 Å². The van der Waals surface area contributed by atoms with E-state index in [1.807, 2.05) is 30.3 Å². The van der Waals surface area contributed by atoms with E-state index in [2.05, 4.69) is 16.0 Å². The van der Waals surface area contributed by atoms with E-state index in [4.69, 9.17) is 14.7 Å². The predicted octanol–water partition coefficient (Wildman–Crippen LogP) is 5.34. The second-order valence-corrected chi connectivity index (χ2v) is 6.61. The molecule has 0 spiro atoms. The van der Waals surface area contributed by atoms with Crippen LogP contribution < -0.4 is 9.47 Å². The van der Waals surface area contributed by atoms with Crippen molar-refractivity contribution in [2.24, 2.45) is 0 Å². The van der Waals surface area contributed by atoms with E-state index in [1.54, 1.807) is 37.6 Å². The number of H-pyrrole nitrogens is 1. The lowest BCUT2D eigenvalue weighted by atomic mass is 10.1. The summed E-state index contributed by atoms with van der Waals surface area (Å²) < 4.78 is 24.5. The molecule has 0 bridgehead atoms. The molecule has 5 nitrogen and oxygen atoms in total. The fraction of sp³-hybridized carbons (Fsp3) is 0.0833. The minimum absolute atomic E-state index is 0.288. The highest BCUT2D eigenvalue weighted by Crippen LogP contribution is 2.33. The predicted molar refractivity (Wildman–Crippen MR) is 111 cm³/mol. The minimum atomic E-state index is -0.288. The number of ether oxygens (including phenoxy) is 2. The van der Waals surface area contributed by atoms with Gasteiger partial charge in [0.2, 0.25) is 0 Å². The number of aromatic nitrogens is 2. The van der Waals surface area contributed by atoms with Crippen molar-refractivity contribution in [2.45, 2.75) is 6.61 Å². The normalized spacial score (nSPS) is 10.4. The first kappa shape index (κ1) is 19.2. The Morgan fingerprint density at radius 3 is 2.50 bits per heavy atom. The number of imidazole rings is 1. The van der Waals surface area contributed by atoms with Gasteiger partial charge < -0.3 is 14.5 Å². The van der Waals surface area contributed by atoms with Crippen molar-refractivity contribution in [1.29, 1.82) is 5.26 Å². The van der Waals surface area contributed by atoms with Crippen molar-refractivity contribution in [3.63, 3.8) is 0 Å². The molecule has 30 heavy (non-hydrogen) atoms. The summed E-state index contributed by atoms with van der Waals surface area (Å²) in [4.78, 5) is 7.64. The third-order valence-corrected chi connectivity index (χ3v) is 4.65. The molecule has 0 saturated carbocycles. The molecular weight excluding hydrogens is 381 g/mol. The maximum absolute atomic E-state index is 13.1. The van der Waals surface area contributed by atoms with E-state index in [0.717, 1.165) is 22.4 Å². The highest BCUT2D eigenvalue weighted by molar-refractivity contribution is 5.70. The van der Waals surface area contributed by atoms with Gasteiger partial charge in [0.05, 0.1) is 30.6 Å². The largest absolute Gasteiger partial charge is 0.496 e. The fourth-order valence-electron chi connectivity index (χ4n) is 3.04. The smallest absolute Gasteiger partial charge is 0.137 e. The zero-order valence-corrected chi connectivity index (χ0v) is 16.2. The van der Waals surface area contributed by atoms with Crippen LogP contribution in [0.1, 0.15) is 11.1 Å². The lowest BCUT2D eigenvalue weighted by Crippen LogP contribution is -1.97. The lowest BCUT2D eigenvalue weighted by Gasteiger charge is -2.11. The van der Waals surface area contributed by atoms with E-state index >= 15 is 0 Å². The van der Waals surface area contributed by atoms with Crippen LogP contribution in [-0.4, -0.2) is 17.1 Å². The number of nitrogens with zero attached hydrogens (tertiary/aromatic N) is 2. The highest BCUT2D eigenvalue weighted by atomic mass is 19.1. The molecular formula is C24H18FN3O2. The molecule has 0 radical (unpaired) electrons. The second-order valence-electron chi connectivity index (χ2n) is 6.61. The molecule has 0 aliphatic heterocycles. The van der Waals surface area contributed by atoms with Crippen molar-refractivity contribution in [3.05, 3.63) is 89.9 Å². The molecule has 0 atom stereocenters. The third kappa shape index (κ3) is 4.15. The van der Waals surface area contributed by atoms with Gasteiger partial charge in [-0.15, -0.1) is 0 Å². The molecule has 0 aliphatic carbocycles. The van der Waals surface area contributed by atoms with Crippen LogP contribution in [0.2, 0.25) is 0 Å². The Hall–Kier alpha value is -4.11. The van der Waals surface area contributed by atoms with Gasteiger partial charge >= 0.3 is 0 Å². The monoisotopic (exact) mass is 399 g/mol. The first-order chi connectivity index (χ1) is 14.7. The third-order valence-electron chi connectivity index (χ3n) is 4.65. The average molecular weight is 399 g/mol. The molecule has 1 heterocycles. The van der Waals surface area contributed by atoms with E-state index in [0.29, 0.717) is 29.5 Å². The molecule has 4 aromatic rings. The van der Waals surface area contributed by atoms with Gasteiger partial charge in [-0.2, -0.15) is 5.26 Å². The summed E-state index contributed by atoms with van der Waals surface area (Å²) in [5.74, 6) is 1.66. The SMILES string of the molecule is COc1cc(OCc2ccc(C#N)cc2)ccc1-c1cnc(-c2ccc(F)cc2)[nH]1. The van der Waals surface area contributed by atoms with Crippen LogP contribution in [-0.2, 0) is 6.61 Å². The maximum atomic E-state index is 13.1. The standard InChI is InChI=1S/C24H18FN3O2/c1-29-23-12-20(30-15-17-4-2-16(13-26)3-5-17)10-11-21(23)22-14-27-24(28-22)18-6-8-19(25)9-7-18/h2-12,14H,15H2,1H3,(H,27,28). The maximum Gasteiger partial charge on any atom is 0.137 e. The van der Waals surface area contributed by atoms with Gasteiger partial charge in [0.25, 0.3) is 0 Å². The van der Waals surface area contributed by atoms with Gasteiger partial charge in [-0.1, -0.05) is 12.1 Å². The van der Waals surface area contributed by atoms with Gasteiger partial charge in [-0.3, -0.25) is 0 Å². The van der Waals surface area contributed by atoms with Crippen molar-refractivity contribution in [1.82, 2.24) is 9.97 Å². The number of aromatic amines is 1. The number of nitriles is 1. The van der Waals surface area contributed by atoms with E-state index in [-0.39, 0.29) is 5.82 Å². The van der Waals surface area contributed by atoms with Gasteiger partial charge in [0, 0.05) is 17.2 Å². The molecule has 4 rings (SSSR count). The van der Waals surface area contributed by atoms with E-state index in [1.165, 1.54) is 12.1 Å². The Morgan fingerprint density at radius 1 is 1.03 bits per heavy atom. The lowest BCUT2D eigenvalue weighted by molar-refractivity contribution is 0.304. The summed E-state index contributed by atoms with van der Waals surface area (Å²) >= 11 is 0. The summed E-state index contributed by atoms with van der Waals surface area (Å²) in [5.41, 5.74) is 4.00. The topological polar surface area (TPSA) is 70.9 Å².